The molecule has 0 bridgehead atoms. The number of carbonyl (C=O) groups excluding carboxylic acids is 2. The van der Waals surface area contributed by atoms with Crippen LogP contribution in [-0.4, -0.2) is 66.3 Å². The van der Waals surface area contributed by atoms with Crippen molar-refractivity contribution >= 4 is 40.7 Å². The predicted octanol–water partition coefficient (Wildman–Crippen LogP) is 0.424. The second-order valence-corrected chi connectivity index (χ2v) is 6.02. The van der Waals surface area contributed by atoms with Gasteiger partial charge in [-0.05, 0) is 6.07 Å². The van der Waals surface area contributed by atoms with E-state index in [0.29, 0.717) is 36.1 Å². The van der Waals surface area contributed by atoms with Gasteiger partial charge in [-0.3, -0.25) is 14.9 Å². The number of nitrogens with one attached hydrogen (secondary N) is 1. The molecule has 0 spiro atoms. The Morgan fingerprint density at radius 1 is 1.35 bits per heavy atom. The number of anilines is 1. The van der Waals surface area contributed by atoms with E-state index in [1.807, 2.05) is 4.90 Å². The Hall–Kier alpha value is -3.50. The first-order valence-electron chi connectivity index (χ1n) is 7.82. The molecule has 11 nitrogen and oxygen atoms in total. The number of fused-ring (bicyclic) bond motifs is 3. The zero-order chi connectivity index (χ0) is 18.4. The molecule has 26 heavy (non-hydrogen) atoms. The summed E-state index contributed by atoms with van der Waals surface area (Å²) in [5.74, 6) is 0.552. The normalized spacial score (nSPS) is 18.4. The standard InChI is InChI=1S/C15H14N6O5/c1-26-15(23)16-8-5-19(6-8)13-14-18-12(22)7-20(14)11-4-9(21(24)25)2-3-10(11)17-13/h2-4,8H,5-7H2,1H3,(H,16,23). The minimum atomic E-state index is -0.507. The molecule has 11 heteroatoms. The van der Waals surface area contributed by atoms with Gasteiger partial charge in [-0.2, -0.15) is 4.99 Å². The van der Waals surface area contributed by atoms with Gasteiger partial charge >= 0.3 is 6.09 Å². The molecule has 3 aliphatic heterocycles. The lowest BCUT2D eigenvalue weighted by Crippen LogP contribution is -2.63. The number of ether oxygens (including phenoxy) is 1. The number of non-ortho nitro benzene ring substituents is 1. The first-order valence-corrected chi connectivity index (χ1v) is 7.82. The lowest BCUT2D eigenvalue weighted by molar-refractivity contribution is -0.384. The lowest BCUT2D eigenvalue weighted by Gasteiger charge is -2.43. The maximum Gasteiger partial charge on any atom is 0.407 e. The van der Waals surface area contributed by atoms with E-state index in [9.17, 15) is 19.7 Å². The molecule has 0 saturated carbocycles. The number of alkyl carbamates (subject to hydrolysis) is 1. The van der Waals surface area contributed by atoms with Gasteiger partial charge in [-0.15, -0.1) is 0 Å². The monoisotopic (exact) mass is 358 g/mol. The van der Waals surface area contributed by atoms with Crippen molar-refractivity contribution in [3.8, 4) is 0 Å². The van der Waals surface area contributed by atoms with Crippen molar-refractivity contribution in [1.82, 2.24) is 10.2 Å². The van der Waals surface area contributed by atoms with E-state index in [-0.39, 0.29) is 24.2 Å². The van der Waals surface area contributed by atoms with Gasteiger partial charge in [0.2, 0.25) is 0 Å². The second-order valence-electron chi connectivity index (χ2n) is 6.02. The number of hydrogen-bond acceptors (Lipinski definition) is 8. The third-order valence-corrected chi connectivity index (χ3v) is 4.36. The molecule has 1 aromatic rings. The molecule has 0 aromatic heterocycles. The van der Waals surface area contributed by atoms with Gasteiger partial charge in [0, 0.05) is 25.2 Å². The summed E-state index contributed by atoms with van der Waals surface area (Å²) in [6, 6.07) is 4.23. The lowest BCUT2D eigenvalue weighted by atomic mass is 10.1. The molecule has 1 N–H and O–H groups in total. The van der Waals surface area contributed by atoms with Gasteiger partial charge < -0.3 is 19.9 Å². The third-order valence-electron chi connectivity index (χ3n) is 4.36. The highest BCUT2D eigenvalue weighted by Crippen LogP contribution is 2.38. The van der Waals surface area contributed by atoms with Crippen molar-refractivity contribution in [3.05, 3.63) is 28.3 Å². The van der Waals surface area contributed by atoms with E-state index in [2.05, 4.69) is 20.0 Å². The average Bonchev–Trinajstić information content (AvgIpc) is 2.98. The maximum absolute atomic E-state index is 11.9. The minimum absolute atomic E-state index is 0.0141. The summed E-state index contributed by atoms with van der Waals surface area (Å²) >= 11 is 0. The van der Waals surface area contributed by atoms with Crippen LogP contribution in [0.3, 0.4) is 0 Å². The summed E-state index contributed by atoms with van der Waals surface area (Å²) in [6.45, 7) is 1.01. The van der Waals surface area contributed by atoms with Crippen molar-refractivity contribution in [2.24, 2.45) is 9.98 Å². The smallest absolute Gasteiger partial charge is 0.407 e. The zero-order valence-corrected chi connectivity index (χ0v) is 13.7. The molecular weight excluding hydrogens is 344 g/mol. The Balaban J connectivity index is 1.63. The molecular formula is C15H14N6O5. The van der Waals surface area contributed by atoms with Crippen molar-refractivity contribution in [2.75, 3.05) is 31.6 Å². The molecule has 1 saturated heterocycles. The molecule has 134 valence electrons. The molecule has 0 unspecified atom stereocenters. The van der Waals surface area contributed by atoms with Crippen molar-refractivity contribution in [2.45, 2.75) is 6.04 Å². The highest BCUT2D eigenvalue weighted by molar-refractivity contribution is 6.50. The summed E-state index contributed by atoms with van der Waals surface area (Å²) in [7, 11) is 1.30. The number of nitro benzene ring substituents is 1. The highest BCUT2D eigenvalue weighted by Gasteiger charge is 2.40. The Morgan fingerprint density at radius 2 is 2.12 bits per heavy atom. The number of likely N-dealkylation sites (tertiary alicyclic amines) is 1. The molecule has 3 heterocycles. The van der Waals surface area contributed by atoms with Crippen LogP contribution < -0.4 is 10.2 Å². The number of nitro groups is 1. The SMILES string of the molecule is COC(=O)NC1CN(C2=Nc3ccc([N+](=O)[O-])cc3N3CC(=O)N=C23)C1. The molecule has 1 fully saturated rings. The number of benzene rings is 1. The third kappa shape index (κ3) is 2.53. The van der Waals surface area contributed by atoms with E-state index in [4.69, 9.17) is 0 Å². The molecule has 1 aromatic carbocycles. The average molecular weight is 358 g/mol. The van der Waals surface area contributed by atoms with Crippen LogP contribution in [0.4, 0.5) is 21.9 Å². The summed E-state index contributed by atoms with van der Waals surface area (Å²) in [6.07, 6.45) is -0.507. The molecule has 0 aliphatic carbocycles. The fraction of sp³-hybridized carbons (Fsp3) is 0.333. The van der Waals surface area contributed by atoms with Crippen LogP contribution in [0.25, 0.3) is 0 Å². The van der Waals surface area contributed by atoms with E-state index < -0.39 is 11.0 Å². The predicted molar refractivity (Wildman–Crippen MR) is 90.9 cm³/mol. The summed E-state index contributed by atoms with van der Waals surface area (Å²) in [4.78, 5) is 45.7. The number of rotatable bonds is 2. The summed E-state index contributed by atoms with van der Waals surface area (Å²) in [5, 5.41) is 13.7. The fourth-order valence-corrected chi connectivity index (χ4v) is 3.07. The Bertz CT molecular complexity index is 889. The van der Waals surface area contributed by atoms with Crippen LogP contribution in [0.5, 0.6) is 0 Å². The van der Waals surface area contributed by atoms with Crippen LogP contribution in [0, 0.1) is 10.1 Å². The molecule has 0 atom stereocenters. The summed E-state index contributed by atoms with van der Waals surface area (Å²) < 4.78 is 4.57. The van der Waals surface area contributed by atoms with Gasteiger partial charge in [0.05, 0.1) is 29.4 Å². The van der Waals surface area contributed by atoms with Gasteiger partial charge in [0.15, 0.2) is 11.7 Å². The molecule has 0 radical (unpaired) electrons. The van der Waals surface area contributed by atoms with Crippen LogP contribution >= 0.6 is 0 Å². The first kappa shape index (κ1) is 16.0. The van der Waals surface area contributed by atoms with E-state index >= 15 is 0 Å². The van der Waals surface area contributed by atoms with E-state index in [1.54, 1.807) is 11.0 Å². The second kappa shape index (κ2) is 5.79. The Morgan fingerprint density at radius 3 is 2.81 bits per heavy atom. The maximum atomic E-state index is 11.9. The number of amidine groups is 2. The van der Waals surface area contributed by atoms with E-state index in [1.165, 1.54) is 19.2 Å². The zero-order valence-electron chi connectivity index (χ0n) is 13.7. The van der Waals surface area contributed by atoms with Crippen LogP contribution in [0.1, 0.15) is 0 Å². The van der Waals surface area contributed by atoms with Gasteiger partial charge in [-0.25, -0.2) is 9.79 Å². The van der Waals surface area contributed by atoms with E-state index in [0.717, 1.165) is 0 Å². The van der Waals surface area contributed by atoms with Crippen LogP contribution in [-0.2, 0) is 9.53 Å². The van der Waals surface area contributed by atoms with Crippen molar-refractivity contribution in [3.63, 3.8) is 0 Å². The Labute approximate surface area is 147 Å². The molecule has 2 amide bonds. The number of nitrogens with zero attached hydrogens (tertiary/aromatic N) is 5. The topological polar surface area (TPSA) is 130 Å². The van der Waals surface area contributed by atoms with Gasteiger partial charge in [0.25, 0.3) is 11.6 Å². The number of aliphatic imine (C=N–C) groups is 2. The highest BCUT2D eigenvalue weighted by atomic mass is 16.6. The Kier molecular flexibility index (Phi) is 3.56. The van der Waals surface area contributed by atoms with Gasteiger partial charge in [-0.1, -0.05) is 0 Å². The van der Waals surface area contributed by atoms with Crippen molar-refractivity contribution in [1.29, 1.82) is 0 Å². The number of hydrogen-bond donors (Lipinski definition) is 1. The number of carbonyl (C=O) groups is 2. The van der Waals surface area contributed by atoms with Crippen LogP contribution in [0.2, 0.25) is 0 Å². The first-order chi connectivity index (χ1) is 12.5. The quantitative estimate of drug-likeness (QED) is 0.599. The fourth-order valence-electron chi connectivity index (χ4n) is 3.07. The molecule has 4 rings (SSSR count). The molecule has 3 aliphatic rings. The van der Waals surface area contributed by atoms with Crippen molar-refractivity contribution < 1.29 is 19.2 Å². The minimum Gasteiger partial charge on any atom is -0.453 e. The number of amides is 2. The van der Waals surface area contributed by atoms with Gasteiger partial charge in [0.1, 0.15) is 6.54 Å². The largest absolute Gasteiger partial charge is 0.453 e. The number of methoxy groups -OCH3 is 1. The summed E-state index contributed by atoms with van der Waals surface area (Å²) in [5.41, 5.74) is 0.938. The van der Waals surface area contributed by atoms with Crippen LogP contribution in [0.15, 0.2) is 28.2 Å².